The van der Waals surface area contributed by atoms with Crippen molar-refractivity contribution in [3.8, 4) is 45.0 Å². The molecule has 0 saturated carbocycles. The molecule has 0 aliphatic heterocycles. The fourth-order valence-electron chi connectivity index (χ4n) is 11.5. The molecule has 0 unspecified atom stereocenters. The first-order chi connectivity index (χ1) is 52.9. The van der Waals surface area contributed by atoms with Gasteiger partial charge in [0.05, 0.1) is 17.4 Å². The Labute approximate surface area is 625 Å². The number of rotatable bonds is 6. The van der Waals surface area contributed by atoms with Crippen LogP contribution in [-0.2, 0) is 53.0 Å². The zero-order valence-corrected chi connectivity index (χ0v) is 59.9. The quantitative estimate of drug-likeness (QED) is 0.125. The molecular formula is C88H80Ir2N4O4-2. The smallest absolute Gasteiger partial charge is 0.170 e. The standard InChI is InChI=1S/2C27H18NO.2C16H18N.2CH4O.2Ir/c2*1-16-14-24(28-15-17(16)2)22-12-7-13-23-25-20-10-5-3-8-18(20)19-9-4-6-11-21(19)27(25)29-26(22)23;2*1-16(2,3)11-13-9-10-15(17-12-13)14-7-5-4-6-8-14;2*1-2;;/h3,5-15H,1-2H3;3-11,13-15H,1-2H3;2*4-7,9-10,12H,11H2,1-3H3;2*2H,1H3;;/q+1;3*-1;;;;/i2*1D3,2D3;2*11D2;;;;. The number of nitrogens with zero attached hydrogens (tertiary/aromatic N) is 4. The zero-order chi connectivity index (χ0) is 81.3. The van der Waals surface area contributed by atoms with Gasteiger partial charge >= 0.3 is 0 Å². The Morgan fingerprint density at radius 1 is 0.418 bits per heavy atom. The second-order valence-electron chi connectivity index (χ2n) is 24.4. The molecule has 0 bridgehead atoms. The molecular weight excluding hydrogens is 1560 g/mol. The molecule has 6 aromatic heterocycles. The summed E-state index contributed by atoms with van der Waals surface area (Å²) in [5, 5.41) is 24.0. The van der Waals surface area contributed by atoms with Gasteiger partial charge in [0.25, 0.3) is 0 Å². The fraction of sp³-hybridized carbons (Fsp3) is 0.182. The van der Waals surface area contributed by atoms with Gasteiger partial charge in [0, 0.05) is 145 Å². The predicted molar refractivity (Wildman–Crippen MR) is 401 cm³/mol. The van der Waals surface area contributed by atoms with Gasteiger partial charge in [-0.1, -0.05) is 167 Å². The molecule has 496 valence electrons. The van der Waals surface area contributed by atoms with Crippen LogP contribution in [0.15, 0.2) is 228 Å². The van der Waals surface area contributed by atoms with Crippen molar-refractivity contribution >= 4 is 88.3 Å². The summed E-state index contributed by atoms with van der Waals surface area (Å²) < 4.78 is 140. The van der Waals surface area contributed by atoms with E-state index in [0.717, 1.165) is 125 Å². The van der Waals surface area contributed by atoms with E-state index in [1.165, 1.54) is 12.1 Å². The van der Waals surface area contributed by atoms with E-state index in [1.807, 2.05) is 199 Å². The average molecular weight is 1660 g/mol. The van der Waals surface area contributed by atoms with Crippen molar-refractivity contribution in [1.29, 1.82) is 0 Å². The number of benzene rings is 9. The molecule has 6 heterocycles. The van der Waals surface area contributed by atoms with Gasteiger partial charge in [0.2, 0.25) is 0 Å². The maximum absolute atomic E-state index is 8.21. The number of aliphatic hydroxyl groups excluding tert-OH is 2. The molecule has 0 fully saturated rings. The third-order valence-electron chi connectivity index (χ3n) is 15.5. The monoisotopic (exact) mass is 1660 g/mol. The van der Waals surface area contributed by atoms with E-state index in [0.29, 0.717) is 44.8 Å². The second-order valence-corrected chi connectivity index (χ2v) is 24.4. The average Bonchev–Trinajstić information content (AvgIpc) is 1.57. The SMILES string of the molecule is CO.CO.[2H]C([2H])([2H])c1cnc(-c2[c-]ccc3c2oc2c4ccccc4c4ccccc4c32)cc1C([2H])([2H])[2H].[2H]C([2H])([2H])c1cnc(-c2cccc3c2oc2c4c(c5ccccc5c23)C=[C+]C=C4)cc1C([2H])([2H])[2H].[2H]C([2H])(c1ccc(-c2[c-]cccc2)nc1)C(C)(C)C.[2H]C([2H])(c1ccc(-c2[c-]cccc2)nc1)C(C)(C)C.[Ir].[Ir]. The Morgan fingerprint density at radius 2 is 0.888 bits per heavy atom. The summed E-state index contributed by atoms with van der Waals surface area (Å²) in [6, 6.07) is 68.3. The minimum atomic E-state index is -2.62. The number of allylic oxidation sites excluding steroid dienone is 2. The molecule has 10 heteroatoms. The van der Waals surface area contributed by atoms with Crippen LogP contribution in [0.25, 0.3) is 133 Å². The molecule has 1 aliphatic carbocycles. The molecule has 0 saturated heterocycles. The summed E-state index contributed by atoms with van der Waals surface area (Å²) in [6.07, 6.45) is 11.6. The van der Waals surface area contributed by atoms with E-state index in [4.69, 9.17) is 41.0 Å². The molecule has 9 aromatic carbocycles. The maximum Gasteiger partial charge on any atom is 0.170 e. The number of hydrogen-bond donors (Lipinski definition) is 2. The predicted octanol–water partition coefficient (Wildman–Crippen LogP) is 22.1. The minimum absolute atomic E-state index is 0. The number of furan rings is 2. The summed E-state index contributed by atoms with van der Waals surface area (Å²) in [5.74, 6) is 0. The van der Waals surface area contributed by atoms with Crippen LogP contribution in [0.1, 0.15) is 108 Å². The molecule has 0 spiro atoms. The molecule has 2 radical (unpaired) electrons. The van der Waals surface area contributed by atoms with Crippen molar-refractivity contribution in [2.45, 2.75) is 81.7 Å². The van der Waals surface area contributed by atoms with E-state index in [-0.39, 0.29) is 62.5 Å². The van der Waals surface area contributed by atoms with Crippen LogP contribution in [0.5, 0.6) is 0 Å². The molecule has 16 rings (SSSR count). The van der Waals surface area contributed by atoms with Gasteiger partial charge in [-0.3, -0.25) is 4.98 Å². The Hall–Kier alpha value is -9.43. The van der Waals surface area contributed by atoms with Crippen LogP contribution in [0.2, 0.25) is 0 Å². The summed E-state index contributed by atoms with van der Waals surface area (Å²) in [4.78, 5) is 17.4. The molecule has 98 heavy (non-hydrogen) atoms. The first-order valence-corrected chi connectivity index (χ1v) is 31.0. The van der Waals surface area contributed by atoms with Crippen molar-refractivity contribution in [3.63, 3.8) is 0 Å². The topological polar surface area (TPSA) is 118 Å². The van der Waals surface area contributed by atoms with Crippen LogP contribution in [0.3, 0.4) is 0 Å². The summed E-state index contributed by atoms with van der Waals surface area (Å²) in [7, 11) is 2.00. The van der Waals surface area contributed by atoms with Crippen molar-refractivity contribution in [2.75, 3.05) is 14.2 Å². The van der Waals surface area contributed by atoms with E-state index in [2.05, 4.69) is 74.5 Å². The number of aromatic nitrogens is 4. The summed E-state index contributed by atoms with van der Waals surface area (Å²) in [5.41, 5.74) is 8.97. The maximum atomic E-state index is 8.21. The van der Waals surface area contributed by atoms with Crippen molar-refractivity contribution < 1.29 is 81.2 Å². The minimum Gasteiger partial charge on any atom is -0.500 e. The Balaban J connectivity index is 0.000000177. The van der Waals surface area contributed by atoms with Gasteiger partial charge in [0.15, 0.2) is 5.58 Å². The van der Waals surface area contributed by atoms with Gasteiger partial charge in [-0.05, 0) is 130 Å². The second kappa shape index (κ2) is 32.3. The van der Waals surface area contributed by atoms with Gasteiger partial charge in [-0.25, -0.2) is 0 Å². The van der Waals surface area contributed by atoms with Crippen LogP contribution in [0.4, 0.5) is 0 Å². The molecule has 8 nitrogen and oxygen atoms in total. The molecule has 15 aromatic rings. The first kappa shape index (κ1) is 53.6. The van der Waals surface area contributed by atoms with E-state index in [9.17, 15) is 0 Å². The van der Waals surface area contributed by atoms with Crippen LogP contribution in [-0.4, -0.2) is 44.4 Å². The normalized spacial score (nSPS) is 14.6. The number of pyridine rings is 4. The van der Waals surface area contributed by atoms with Gasteiger partial charge in [-0.2, -0.15) is 0 Å². The van der Waals surface area contributed by atoms with Crippen LogP contribution in [0, 0.1) is 62.5 Å². The van der Waals surface area contributed by atoms with Crippen molar-refractivity contribution in [3.05, 3.63) is 288 Å². The third-order valence-corrected chi connectivity index (χ3v) is 15.5. The van der Waals surface area contributed by atoms with Crippen LogP contribution >= 0.6 is 0 Å². The summed E-state index contributed by atoms with van der Waals surface area (Å²) in [6.45, 7) is 0.965. The van der Waals surface area contributed by atoms with E-state index >= 15 is 0 Å². The largest absolute Gasteiger partial charge is 0.500 e. The van der Waals surface area contributed by atoms with Gasteiger partial charge in [0.1, 0.15) is 34.4 Å². The number of para-hydroxylation sites is 1. The Morgan fingerprint density at radius 3 is 1.43 bits per heavy atom. The summed E-state index contributed by atoms with van der Waals surface area (Å²) >= 11 is 0. The number of hydrogen-bond acceptors (Lipinski definition) is 8. The third kappa shape index (κ3) is 16.1. The van der Waals surface area contributed by atoms with Crippen molar-refractivity contribution in [1.82, 2.24) is 19.9 Å². The number of fused-ring (bicyclic) bond motifs is 16. The Kier molecular flexibility index (Phi) is 17.7. The van der Waals surface area contributed by atoms with Gasteiger partial charge in [-0.15, -0.1) is 90.0 Å². The molecule has 1 aliphatic rings. The number of aliphatic hydroxyl groups is 2. The molecule has 0 amide bonds. The van der Waals surface area contributed by atoms with Crippen LogP contribution < -0.4 is 0 Å². The molecule has 0 atom stereocenters. The first-order valence-electron chi connectivity index (χ1n) is 39.0. The fourth-order valence-corrected chi connectivity index (χ4v) is 11.5. The Bertz CT molecular complexity index is 5860. The van der Waals surface area contributed by atoms with E-state index in [1.54, 1.807) is 18.5 Å². The van der Waals surface area contributed by atoms with E-state index < -0.39 is 51.0 Å². The van der Waals surface area contributed by atoms with Gasteiger partial charge < -0.3 is 34.0 Å². The number of aryl methyl sites for hydroxylation is 4. The zero-order valence-electron chi connectivity index (χ0n) is 71.1. The molecule has 2 N–H and O–H groups in total. The van der Waals surface area contributed by atoms with Crippen molar-refractivity contribution in [2.24, 2.45) is 10.8 Å².